The van der Waals surface area contributed by atoms with Gasteiger partial charge in [0.15, 0.2) is 0 Å². The van der Waals surface area contributed by atoms with Gasteiger partial charge in [-0.1, -0.05) is 102 Å². The van der Waals surface area contributed by atoms with Crippen LogP contribution < -0.4 is 19.3 Å². The third kappa shape index (κ3) is 13.3. The second kappa shape index (κ2) is 23.9. The van der Waals surface area contributed by atoms with Crippen molar-refractivity contribution in [3.05, 3.63) is 130 Å². The molecule has 0 aliphatic carbocycles. The summed E-state index contributed by atoms with van der Waals surface area (Å²) >= 11 is 0. The summed E-state index contributed by atoms with van der Waals surface area (Å²) in [6.45, 7) is 11.9. The van der Waals surface area contributed by atoms with Gasteiger partial charge in [0.1, 0.15) is 34.8 Å². The van der Waals surface area contributed by atoms with Gasteiger partial charge in [-0.15, -0.1) is 0 Å². The highest BCUT2D eigenvalue weighted by Crippen LogP contribution is 2.56. The number of carbonyl (C=O) groups excluding carboxylic acids is 2. The number of alkyl halides is 6. The zero-order valence-electron chi connectivity index (χ0n) is 37.1. The Morgan fingerprint density at radius 2 is 0.800 bits per heavy atom. The van der Waals surface area contributed by atoms with E-state index in [2.05, 4.69) is 37.5 Å². The highest BCUT2D eigenvalue weighted by Gasteiger charge is 2.72. The molecule has 0 aliphatic rings. The van der Waals surface area contributed by atoms with Crippen molar-refractivity contribution >= 4 is 35.5 Å². The number of carbonyl (C=O) groups is 2. The number of rotatable bonds is 22. The van der Waals surface area contributed by atoms with E-state index in [0.29, 0.717) is 35.4 Å². The summed E-state index contributed by atoms with van der Waals surface area (Å²) < 4.78 is 100. The molecule has 0 aliphatic heterocycles. The molecule has 4 aromatic carbocycles. The Labute approximate surface area is 377 Å². The molecular weight excluding hydrogens is 847 g/mol. The first kappa shape index (κ1) is 51.1. The van der Waals surface area contributed by atoms with Crippen LogP contribution in [-0.4, -0.2) is 50.5 Å². The normalized spacial score (nSPS) is 12.2. The molecule has 0 heterocycles. The number of benzene rings is 4. The van der Waals surface area contributed by atoms with Crippen molar-refractivity contribution in [2.45, 2.75) is 96.8 Å². The maximum absolute atomic E-state index is 15.0. The van der Waals surface area contributed by atoms with Crippen LogP contribution in [0.2, 0.25) is 0 Å². The summed E-state index contributed by atoms with van der Waals surface area (Å²) in [5.74, 6) is -3.15. The molecule has 4 aromatic rings. The lowest BCUT2D eigenvalue weighted by Gasteiger charge is -2.38. The van der Waals surface area contributed by atoms with Gasteiger partial charge in [0.2, 0.25) is 5.41 Å². The van der Waals surface area contributed by atoms with E-state index in [1.165, 1.54) is 12.2 Å². The van der Waals surface area contributed by atoms with Crippen LogP contribution in [0.3, 0.4) is 0 Å². The van der Waals surface area contributed by atoms with E-state index in [-0.39, 0.29) is 0 Å². The molecule has 65 heavy (non-hydrogen) atoms. The maximum Gasteiger partial charge on any atom is 0.411 e. The van der Waals surface area contributed by atoms with Crippen molar-refractivity contribution in [3.63, 3.8) is 0 Å². The van der Waals surface area contributed by atoms with Crippen molar-refractivity contribution in [1.82, 2.24) is 0 Å². The molecule has 8 nitrogen and oxygen atoms in total. The van der Waals surface area contributed by atoms with Gasteiger partial charge < -0.3 is 19.3 Å². The lowest BCUT2D eigenvalue weighted by molar-refractivity contribution is -0.288. The molecule has 4 rings (SSSR count). The van der Waals surface area contributed by atoms with Gasteiger partial charge >= 0.3 is 24.3 Å². The Kier molecular flexibility index (Phi) is 18.8. The first-order valence-electron chi connectivity index (χ1n) is 21.8. The third-order valence-corrected chi connectivity index (χ3v) is 10.8. The highest BCUT2D eigenvalue weighted by molar-refractivity contribution is 5.99. The number of halogens is 6. The average molecular weight is 901 g/mol. The van der Waals surface area contributed by atoms with E-state index in [9.17, 15) is 46.5 Å². The quantitative estimate of drug-likeness (QED) is 0.0252. The maximum atomic E-state index is 15.0. The Morgan fingerprint density at radius 3 is 1.05 bits per heavy atom. The minimum Gasteiger partial charge on any atom is -0.422 e. The van der Waals surface area contributed by atoms with E-state index in [4.69, 9.17) is 9.47 Å². The van der Waals surface area contributed by atoms with E-state index < -0.39 is 63.5 Å². The van der Waals surface area contributed by atoms with Crippen LogP contribution in [-0.2, 0) is 15.0 Å². The van der Waals surface area contributed by atoms with E-state index in [1.54, 1.807) is 36.4 Å². The number of esters is 2. The Balaban J connectivity index is 1.54. The van der Waals surface area contributed by atoms with Crippen LogP contribution in [0.1, 0.15) is 101 Å². The van der Waals surface area contributed by atoms with Gasteiger partial charge in [-0.3, -0.25) is 0 Å². The largest absolute Gasteiger partial charge is 0.422 e. The standard InChI is InChI=1S/C51H54F6N4O4/c1-5-9-29-60(30-10-6-2)43-21-13-37(14-22-43)33-39(35-58)47(62)64-45-25-17-41(18-26-45)49(50(52,53)54,51(55,56)57)42-19-27-46(28-20-42)65-48(63)40(36-59)34-38-15-23-44(24-16-38)61(31-11-7-3)32-12-8-4/h13-28,33-34H,5-12,29-32H2,1-4H3. The van der Waals surface area contributed by atoms with Gasteiger partial charge in [-0.05, 0) is 109 Å². The second-order valence-corrected chi connectivity index (χ2v) is 15.5. The Morgan fingerprint density at radius 1 is 0.508 bits per heavy atom. The van der Waals surface area contributed by atoms with Crippen LogP contribution in [0.5, 0.6) is 11.5 Å². The highest BCUT2D eigenvalue weighted by atomic mass is 19.4. The average Bonchev–Trinajstić information content (AvgIpc) is 3.28. The van der Waals surface area contributed by atoms with Gasteiger partial charge in [0.05, 0.1) is 0 Å². The SMILES string of the molecule is CCCCN(CCCC)c1ccc(C=C(C#N)C(=O)Oc2ccc(C(c3ccc(OC(=O)C(C#N)=Cc4ccc(N(CCCC)CCCC)cc4)cc3)(C(F)(F)F)C(F)(F)F)cc2)cc1. The summed E-state index contributed by atoms with van der Waals surface area (Å²) in [7, 11) is 0. The molecule has 344 valence electrons. The number of nitriles is 2. The van der Waals surface area contributed by atoms with Crippen LogP contribution in [0.4, 0.5) is 37.7 Å². The molecule has 0 amide bonds. The topological polar surface area (TPSA) is 107 Å². The molecule has 14 heteroatoms. The first-order chi connectivity index (χ1) is 31.1. The summed E-state index contributed by atoms with van der Waals surface area (Å²) in [5.41, 5.74) is -5.03. The minimum absolute atomic E-state index is 0.406. The molecule has 0 aromatic heterocycles. The van der Waals surface area contributed by atoms with Crippen LogP contribution >= 0.6 is 0 Å². The lowest BCUT2D eigenvalue weighted by Crippen LogP contribution is -2.54. The van der Waals surface area contributed by atoms with Crippen LogP contribution in [0, 0.1) is 22.7 Å². The smallest absolute Gasteiger partial charge is 0.411 e. The number of hydrogen-bond acceptors (Lipinski definition) is 8. The first-order valence-corrected chi connectivity index (χ1v) is 21.8. The van der Waals surface area contributed by atoms with E-state index in [0.717, 1.165) is 113 Å². The predicted molar refractivity (Wildman–Crippen MR) is 241 cm³/mol. The lowest BCUT2D eigenvalue weighted by atomic mass is 9.73. The van der Waals surface area contributed by atoms with E-state index >= 15 is 0 Å². The van der Waals surface area contributed by atoms with Gasteiger partial charge in [-0.25, -0.2) is 9.59 Å². The zero-order valence-corrected chi connectivity index (χ0v) is 37.1. The van der Waals surface area contributed by atoms with Crippen molar-refractivity contribution < 1.29 is 45.4 Å². The molecule has 0 unspecified atom stereocenters. The van der Waals surface area contributed by atoms with Gasteiger partial charge in [0, 0.05) is 37.6 Å². The molecule has 0 saturated heterocycles. The van der Waals surface area contributed by atoms with Crippen molar-refractivity contribution in [3.8, 4) is 23.6 Å². The molecule has 0 saturated carbocycles. The molecular formula is C51H54F6N4O4. The number of unbranched alkanes of at least 4 members (excludes halogenated alkanes) is 4. The van der Waals surface area contributed by atoms with Crippen molar-refractivity contribution in [2.75, 3.05) is 36.0 Å². The summed E-state index contributed by atoms with van der Waals surface area (Å²) in [6.07, 6.45) is -1.22. The second-order valence-electron chi connectivity index (χ2n) is 15.5. The fraction of sp³-hybridized carbons (Fsp3) is 0.373. The minimum atomic E-state index is -5.95. The summed E-state index contributed by atoms with van der Waals surface area (Å²) in [5, 5.41) is 19.5. The third-order valence-electron chi connectivity index (χ3n) is 10.8. The predicted octanol–water partition coefficient (Wildman–Crippen LogP) is 12.9. The molecule has 0 N–H and O–H groups in total. The molecule has 0 radical (unpaired) electrons. The Bertz CT molecular complexity index is 2130. The zero-order chi connectivity index (χ0) is 47.6. The number of hydrogen-bond donors (Lipinski definition) is 0. The van der Waals surface area contributed by atoms with Crippen molar-refractivity contribution in [1.29, 1.82) is 10.5 Å². The number of ether oxygens (including phenoxy) is 2. The van der Waals surface area contributed by atoms with E-state index in [1.807, 2.05) is 24.3 Å². The van der Waals surface area contributed by atoms with Crippen LogP contribution in [0.15, 0.2) is 108 Å². The fourth-order valence-corrected chi connectivity index (χ4v) is 7.16. The molecule has 0 bridgehead atoms. The Hall–Kier alpha value is -6.54. The monoisotopic (exact) mass is 900 g/mol. The molecule has 0 spiro atoms. The summed E-state index contributed by atoms with van der Waals surface area (Å²) in [4.78, 5) is 30.5. The summed E-state index contributed by atoms with van der Waals surface area (Å²) in [6, 6.07) is 23.1. The van der Waals surface area contributed by atoms with Crippen LogP contribution in [0.25, 0.3) is 12.2 Å². The van der Waals surface area contributed by atoms with Gasteiger partial charge in [-0.2, -0.15) is 36.9 Å². The van der Waals surface area contributed by atoms with Gasteiger partial charge in [0.25, 0.3) is 0 Å². The van der Waals surface area contributed by atoms with Crippen molar-refractivity contribution in [2.24, 2.45) is 0 Å². The number of nitrogens with zero attached hydrogens (tertiary/aromatic N) is 4. The number of anilines is 2. The fourth-order valence-electron chi connectivity index (χ4n) is 7.16. The molecule has 0 atom stereocenters. The molecule has 0 fully saturated rings.